The minimum atomic E-state index is -0.818. The monoisotopic (exact) mass is 457 g/mol. The molecule has 3 aromatic heterocycles. The highest BCUT2D eigenvalue weighted by atomic mass is 35.5. The van der Waals surface area contributed by atoms with Crippen LogP contribution in [-0.2, 0) is 0 Å². The summed E-state index contributed by atoms with van der Waals surface area (Å²) < 4.78 is 20.9. The summed E-state index contributed by atoms with van der Waals surface area (Å²) in [5.74, 6) is -0.799. The number of nitriles is 1. The Morgan fingerprint density at radius 1 is 1.10 bits per heavy atom. The summed E-state index contributed by atoms with van der Waals surface area (Å²) in [6.07, 6.45) is 2.54. The number of ether oxygens (including phenoxy) is 1. The molecule has 11 heteroatoms. The fourth-order valence-electron chi connectivity index (χ4n) is 3.12. The minimum Gasteiger partial charge on any atom is -0.480 e. The Kier molecular flexibility index (Phi) is 5.19. The van der Waals surface area contributed by atoms with E-state index in [4.69, 9.17) is 33.2 Å². The van der Waals surface area contributed by atoms with Gasteiger partial charge >= 0.3 is 5.69 Å². The van der Waals surface area contributed by atoms with E-state index >= 15 is 0 Å². The van der Waals surface area contributed by atoms with Crippen molar-refractivity contribution in [2.24, 2.45) is 0 Å². The number of pyridine rings is 2. The first-order valence-electron chi connectivity index (χ1n) is 8.59. The Hall–Kier alpha value is -3.74. The fraction of sp³-hybridized carbons (Fsp3) is 0.0500. The van der Waals surface area contributed by atoms with Crippen LogP contribution in [0.15, 0.2) is 52.3 Å². The van der Waals surface area contributed by atoms with E-state index in [1.165, 1.54) is 43.8 Å². The third kappa shape index (κ3) is 3.42. The maximum absolute atomic E-state index is 13.7. The highest BCUT2D eigenvalue weighted by Crippen LogP contribution is 2.26. The van der Waals surface area contributed by atoms with Crippen LogP contribution in [0.5, 0.6) is 5.88 Å². The Balaban J connectivity index is 2.24. The maximum Gasteiger partial charge on any atom is 0.340 e. The van der Waals surface area contributed by atoms with E-state index in [-0.39, 0.29) is 43.9 Å². The molecule has 0 fully saturated rings. The van der Waals surface area contributed by atoms with Crippen molar-refractivity contribution in [3.05, 3.63) is 85.1 Å². The average Bonchev–Trinajstić information content (AvgIpc) is 2.75. The largest absolute Gasteiger partial charge is 0.480 e. The van der Waals surface area contributed by atoms with Gasteiger partial charge in [-0.1, -0.05) is 23.2 Å². The van der Waals surface area contributed by atoms with Crippen molar-refractivity contribution in [1.82, 2.24) is 19.1 Å². The molecule has 0 bridgehead atoms. The Bertz CT molecular complexity index is 1520. The van der Waals surface area contributed by atoms with Gasteiger partial charge in [-0.15, -0.1) is 0 Å². The van der Waals surface area contributed by atoms with Crippen molar-refractivity contribution < 1.29 is 9.13 Å². The molecule has 0 radical (unpaired) electrons. The molecule has 0 saturated carbocycles. The van der Waals surface area contributed by atoms with Crippen LogP contribution < -0.4 is 16.0 Å². The number of rotatable bonds is 3. The lowest BCUT2D eigenvalue weighted by molar-refractivity contribution is 0.402. The topological polar surface area (TPSA) is 103 Å². The zero-order valence-electron chi connectivity index (χ0n) is 15.6. The molecule has 4 rings (SSSR count). The minimum absolute atomic E-state index is 0.0315. The first-order chi connectivity index (χ1) is 14.8. The van der Waals surface area contributed by atoms with E-state index in [2.05, 4.69) is 9.97 Å². The van der Waals surface area contributed by atoms with Gasteiger partial charge in [0.2, 0.25) is 5.88 Å². The Morgan fingerprint density at radius 2 is 1.87 bits per heavy atom. The summed E-state index contributed by atoms with van der Waals surface area (Å²) in [4.78, 5) is 34.7. The molecule has 31 heavy (non-hydrogen) atoms. The molecule has 154 valence electrons. The molecular formula is C20H10Cl2FN5O3. The van der Waals surface area contributed by atoms with Gasteiger partial charge in [-0.2, -0.15) is 5.26 Å². The van der Waals surface area contributed by atoms with Crippen LogP contribution in [0, 0.1) is 17.1 Å². The summed E-state index contributed by atoms with van der Waals surface area (Å²) >= 11 is 12.0. The number of nitrogens with zero attached hydrogens (tertiary/aromatic N) is 5. The second kappa shape index (κ2) is 7.83. The zero-order chi connectivity index (χ0) is 22.3. The lowest BCUT2D eigenvalue weighted by atomic mass is 10.2. The van der Waals surface area contributed by atoms with Gasteiger partial charge in [-0.3, -0.25) is 14.3 Å². The molecule has 0 aliphatic rings. The lowest BCUT2D eigenvalue weighted by Gasteiger charge is -2.16. The van der Waals surface area contributed by atoms with Crippen molar-refractivity contribution >= 4 is 34.1 Å². The first kappa shape index (κ1) is 20.5. The van der Waals surface area contributed by atoms with Gasteiger partial charge in [0.25, 0.3) is 5.56 Å². The van der Waals surface area contributed by atoms with Gasteiger partial charge in [0.05, 0.1) is 40.8 Å². The maximum atomic E-state index is 13.7. The number of aromatic nitrogens is 4. The van der Waals surface area contributed by atoms with Crippen molar-refractivity contribution in [2.45, 2.75) is 0 Å². The van der Waals surface area contributed by atoms with Crippen LogP contribution >= 0.6 is 23.2 Å². The quantitative estimate of drug-likeness (QED) is 0.437. The van der Waals surface area contributed by atoms with E-state index in [0.717, 1.165) is 15.2 Å². The zero-order valence-corrected chi connectivity index (χ0v) is 17.1. The van der Waals surface area contributed by atoms with E-state index < -0.39 is 17.1 Å². The third-order valence-corrected chi connectivity index (χ3v) is 4.92. The summed E-state index contributed by atoms with van der Waals surface area (Å²) in [5.41, 5.74) is -1.14. The smallest absolute Gasteiger partial charge is 0.340 e. The predicted octanol–water partition coefficient (Wildman–Crippen LogP) is 3.26. The van der Waals surface area contributed by atoms with Gasteiger partial charge in [0.15, 0.2) is 0 Å². The number of methoxy groups -OCH3 is 1. The van der Waals surface area contributed by atoms with Crippen molar-refractivity contribution in [1.29, 1.82) is 5.26 Å². The van der Waals surface area contributed by atoms with Crippen molar-refractivity contribution in [3.8, 4) is 23.3 Å². The molecule has 0 N–H and O–H groups in total. The van der Waals surface area contributed by atoms with Crippen molar-refractivity contribution in [3.63, 3.8) is 0 Å². The second-order valence-corrected chi connectivity index (χ2v) is 7.04. The molecule has 0 saturated heterocycles. The summed E-state index contributed by atoms with van der Waals surface area (Å²) in [7, 11) is 1.30. The van der Waals surface area contributed by atoms with Crippen LogP contribution in [0.3, 0.4) is 0 Å². The molecule has 4 aromatic rings. The molecule has 0 aliphatic heterocycles. The number of benzene rings is 1. The molecule has 0 atom stereocenters. The number of hydrogen-bond acceptors (Lipinski definition) is 6. The number of hydrogen-bond donors (Lipinski definition) is 0. The van der Waals surface area contributed by atoms with Crippen LogP contribution in [0.2, 0.25) is 10.2 Å². The van der Waals surface area contributed by atoms with Gasteiger partial charge in [0, 0.05) is 12.3 Å². The Morgan fingerprint density at radius 3 is 2.55 bits per heavy atom. The predicted molar refractivity (Wildman–Crippen MR) is 112 cm³/mol. The van der Waals surface area contributed by atoms with E-state index in [0.29, 0.717) is 0 Å². The summed E-state index contributed by atoms with van der Waals surface area (Å²) in [6.45, 7) is 0. The molecule has 0 aliphatic carbocycles. The normalized spacial score (nSPS) is 10.8. The lowest BCUT2D eigenvalue weighted by Crippen LogP contribution is -2.38. The molecule has 0 amide bonds. The van der Waals surface area contributed by atoms with Crippen LogP contribution in [-0.4, -0.2) is 26.2 Å². The molecule has 0 spiro atoms. The van der Waals surface area contributed by atoms with E-state index in [9.17, 15) is 14.0 Å². The van der Waals surface area contributed by atoms with Crippen molar-refractivity contribution in [2.75, 3.05) is 7.11 Å². The van der Waals surface area contributed by atoms with Gasteiger partial charge < -0.3 is 4.74 Å². The standard InChI is InChI=1S/C20H10Cl2FN5O3/c1-31-18-17-15(6-16(22)26-18)27(11-2-3-14(23)13(21)5-11)20(30)28(19(17)29)12-4-10(7-24)8-25-9-12/h2-6,8-9H,1H3. The SMILES string of the molecule is COc1nc(Cl)cc2c1c(=O)n(-c1cncc(C#N)c1)c(=O)n2-c1ccc(F)c(Cl)c1. The van der Waals surface area contributed by atoms with Gasteiger partial charge in [-0.25, -0.2) is 18.7 Å². The van der Waals surface area contributed by atoms with Gasteiger partial charge in [0.1, 0.15) is 22.4 Å². The molecule has 8 nitrogen and oxygen atoms in total. The number of halogens is 3. The van der Waals surface area contributed by atoms with E-state index in [1.807, 2.05) is 6.07 Å². The molecule has 3 heterocycles. The average molecular weight is 458 g/mol. The van der Waals surface area contributed by atoms with Crippen LogP contribution in [0.25, 0.3) is 22.3 Å². The highest BCUT2D eigenvalue weighted by Gasteiger charge is 2.21. The summed E-state index contributed by atoms with van der Waals surface area (Å²) in [6, 6.07) is 8.19. The second-order valence-electron chi connectivity index (χ2n) is 6.25. The molecule has 0 unspecified atom stereocenters. The van der Waals surface area contributed by atoms with E-state index in [1.54, 1.807) is 0 Å². The van der Waals surface area contributed by atoms with Gasteiger partial charge in [-0.05, 0) is 24.3 Å². The van der Waals surface area contributed by atoms with Crippen LogP contribution in [0.4, 0.5) is 4.39 Å². The Labute approximate surface area is 183 Å². The fourth-order valence-corrected chi connectivity index (χ4v) is 3.47. The number of fused-ring (bicyclic) bond motifs is 1. The third-order valence-electron chi connectivity index (χ3n) is 4.44. The molecular weight excluding hydrogens is 448 g/mol. The summed E-state index contributed by atoms with van der Waals surface area (Å²) in [5, 5.41) is 8.85. The highest BCUT2D eigenvalue weighted by molar-refractivity contribution is 6.31. The molecule has 1 aromatic carbocycles. The van der Waals surface area contributed by atoms with Crippen LogP contribution in [0.1, 0.15) is 5.56 Å². The first-order valence-corrected chi connectivity index (χ1v) is 9.34.